The molecule has 2 aliphatic rings. The molecule has 1 saturated carbocycles. The van der Waals surface area contributed by atoms with Crippen molar-refractivity contribution in [2.45, 2.75) is 70.8 Å². The summed E-state index contributed by atoms with van der Waals surface area (Å²) in [5.41, 5.74) is 0.235. The number of rotatable bonds is 3. The summed E-state index contributed by atoms with van der Waals surface area (Å²) < 4.78 is 0. The Labute approximate surface area is 111 Å². The van der Waals surface area contributed by atoms with Gasteiger partial charge in [-0.3, -0.25) is 9.69 Å². The summed E-state index contributed by atoms with van der Waals surface area (Å²) in [6.07, 6.45) is 8.65. The zero-order valence-corrected chi connectivity index (χ0v) is 11.9. The van der Waals surface area contributed by atoms with Gasteiger partial charge in [-0.15, -0.1) is 0 Å². The van der Waals surface area contributed by atoms with Crippen molar-refractivity contribution in [1.82, 2.24) is 4.90 Å². The summed E-state index contributed by atoms with van der Waals surface area (Å²) in [4.78, 5) is 13.8. The molecule has 0 amide bonds. The van der Waals surface area contributed by atoms with E-state index in [4.69, 9.17) is 0 Å². The molecule has 0 bridgehead atoms. The quantitative estimate of drug-likeness (QED) is 0.839. The number of carboxylic acids is 1. The predicted molar refractivity (Wildman–Crippen MR) is 72.7 cm³/mol. The lowest BCUT2D eigenvalue weighted by Gasteiger charge is -2.52. The van der Waals surface area contributed by atoms with Crippen molar-refractivity contribution in [1.29, 1.82) is 0 Å². The standard InChI is InChI=1S/C15H27NO2/c1-14(2)7-6-8-15(12-14,11-13(17)18)16-9-4-3-5-10-16/h3-12H2,1-2H3,(H,17,18). The average molecular weight is 253 g/mol. The number of piperidine rings is 1. The minimum Gasteiger partial charge on any atom is -0.481 e. The Morgan fingerprint density at radius 3 is 2.33 bits per heavy atom. The lowest BCUT2D eigenvalue weighted by atomic mass is 9.65. The first kappa shape index (κ1) is 13.9. The monoisotopic (exact) mass is 253 g/mol. The average Bonchev–Trinajstić information content (AvgIpc) is 2.28. The van der Waals surface area contributed by atoms with Gasteiger partial charge in [-0.25, -0.2) is 0 Å². The second kappa shape index (κ2) is 5.20. The first-order valence-corrected chi connectivity index (χ1v) is 7.41. The van der Waals surface area contributed by atoms with Crippen LogP contribution >= 0.6 is 0 Å². The van der Waals surface area contributed by atoms with Gasteiger partial charge in [-0.1, -0.05) is 26.7 Å². The number of carbonyl (C=O) groups is 1. The van der Waals surface area contributed by atoms with Crippen LogP contribution in [-0.2, 0) is 4.79 Å². The highest BCUT2D eigenvalue weighted by Crippen LogP contribution is 2.46. The number of aliphatic carboxylic acids is 1. The summed E-state index contributed by atoms with van der Waals surface area (Å²) in [6.45, 7) is 6.80. The number of hydrogen-bond donors (Lipinski definition) is 1. The first-order valence-electron chi connectivity index (χ1n) is 7.41. The minimum absolute atomic E-state index is 0.0615. The molecule has 1 unspecified atom stereocenters. The Hall–Kier alpha value is -0.570. The van der Waals surface area contributed by atoms with E-state index >= 15 is 0 Å². The molecule has 3 nitrogen and oxygen atoms in total. The van der Waals surface area contributed by atoms with E-state index in [1.54, 1.807) is 0 Å². The molecule has 1 N–H and O–H groups in total. The zero-order chi connectivity index (χ0) is 13.2. The topological polar surface area (TPSA) is 40.5 Å². The maximum Gasteiger partial charge on any atom is 0.305 e. The van der Waals surface area contributed by atoms with E-state index in [9.17, 15) is 9.90 Å². The van der Waals surface area contributed by atoms with E-state index < -0.39 is 5.97 Å². The molecule has 1 aliphatic heterocycles. The van der Waals surface area contributed by atoms with Gasteiger partial charge in [-0.2, -0.15) is 0 Å². The number of hydrogen-bond acceptors (Lipinski definition) is 2. The molecule has 0 aromatic rings. The van der Waals surface area contributed by atoms with Gasteiger partial charge in [0.25, 0.3) is 0 Å². The number of carboxylic acid groups (broad SMARTS) is 1. The van der Waals surface area contributed by atoms with Crippen LogP contribution in [0.4, 0.5) is 0 Å². The van der Waals surface area contributed by atoms with Crippen LogP contribution in [0.25, 0.3) is 0 Å². The number of nitrogens with zero attached hydrogens (tertiary/aromatic N) is 1. The minimum atomic E-state index is -0.627. The Bertz CT molecular complexity index is 308. The normalized spacial score (nSPS) is 33.2. The van der Waals surface area contributed by atoms with Gasteiger partial charge in [0, 0.05) is 5.54 Å². The highest BCUT2D eigenvalue weighted by atomic mass is 16.4. The predicted octanol–water partition coefficient (Wildman–Crippen LogP) is 3.29. The van der Waals surface area contributed by atoms with Gasteiger partial charge in [0.15, 0.2) is 0 Å². The van der Waals surface area contributed by atoms with Crippen LogP contribution in [0.2, 0.25) is 0 Å². The fourth-order valence-corrected chi connectivity index (χ4v) is 4.15. The molecule has 1 aliphatic carbocycles. The summed E-state index contributed by atoms with van der Waals surface area (Å²) in [6, 6.07) is 0. The van der Waals surface area contributed by atoms with Crippen LogP contribution in [0.1, 0.15) is 65.2 Å². The van der Waals surface area contributed by atoms with Gasteiger partial charge in [0.1, 0.15) is 0 Å². The highest BCUT2D eigenvalue weighted by Gasteiger charge is 2.45. The van der Waals surface area contributed by atoms with Crippen LogP contribution in [0.5, 0.6) is 0 Å². The second-order valence-corrected chi connectivity index (χ2v) is 7.04. The van der Waals surface area contributed by atoms with Crippen molar-refractivity contribution in [2.24, 2.45) is 5.41 Å². The molecule has 104 valence electrons. The van der Waals surface area contributed by atoms with Crippen LogP contribution in [0.3, 0.4) is 0 Å². The summed E-state index contributed by atoms with van der Waals surface area (Å²) in [7, 11) is 0. The van der Waals surface area contributed by atoms with E-state index in [1.807, 2.05) is 0 Å². The Balaban J connectivity index is 2.18. The van der Waals surface area contributed by atoms with E-state index in [2.05, 4.69) is 18.7 Å². The van der Waals surface area contributed by atoms with Crippen molar-refractivity contribution < 1.29 is 9.90 Å². The third-order valence-corrected chi connectivity index (χ3v) is 4.81. The van der Waals surface area contributed by atoms with E-state index in [1.165, 1.54) is 32.1 Å². The lowest BCUT2D eigenvalue weighted by Crippen LogP contribution is -2.55. The van der Waals surface area contributed by atoms with Gasteiger partial charge >= 0.3 is 5.97 Å². The highest BCUT2D eigenvalue weighted by molar-refractivity contribution is 5.68. The molecular formula is C15H27NO2. The third-order valence-electron chi connectivity index (χ3n) is 4.81. The Morgan fingerprint density at radius 2 is 1.78 bits per heavy atom. The van der Waals surface area contributed by atoms with Gasteiger partial charge < -0.3 is 5.11 Å². The molecular weight excluding hydrogens is 226 g/mol. The molecule has 0 aromatic carbocycles. The van der Waals surface area contributed by atoms with E-state index in [0.29, 0.717) is 11.8 Å². The van der Waals surface area contributed by atoms with Crippen LogP contribution in [0.15, 0.2) is 0 Å². The molecule has 2 rings (SSSR count). The van der Waals surface area contributed by atoms with Crippen molar-refractivity contribution in [2.75, 3.05) is 13.1 Å². The van der Waals surface area contributed by atoms with E-state index in [0.717, 1.165) is 25.9 Å². The second-order valence-electron chi connectivity index (χ2n) is 7.04. The smallest absolute Gasteiger partial charge is 0.305 e. The summed E-state index contributed by atoms with van der Waals surface area (Å²) in [5.74, 6) is -0.627. The molecule has 0 radical (unpaired) electrons. The molecule has 0 aromatic heterocycles. The largest absolute Gasteiger partial charge is 0.481 e. The molecule has 2 fully saturated rings. The zero-order valence-electron chi connectivity index (χ0n) is 11.9. The van der Waals surface area contributed by atoms with Gasteiger partial charge in [0.05, 0.1) is 6.42 Å². The fourth-order valence-electron chi connectivity index (χ4n) is 4.15. The summed E-state index contributed by atoms with van der Waals surface area (Å²) >= 11 is 0. The molecule has 18 heavy (non-hydrogen) atoms. The van der Waals surface area contributed by atoms with Crippen molar-refractivity contribution in [3.63, 3.8) is 0 Å². The summed E-state index contributed by atoms with van der Waals surface area (Å²) in [5, 5.41) is 9.31. The molecule has 1 heterocycles. The van der Waals surface area contributed by atoms with Gasteiger partial charge in [-0.05, 0) is 50.6 Å². The van der Waals surface area contributed by atoms with Crippen molar-refractivity contribution in [3.8, 4) is 0 Å². The maximum atomic E-state index is 11.3. The maximum absolute atomic E-state index is 11.3. The Morgan fingerprint density at radius 1 is 1.11 bits per heavy atom. The molecule has 0 spiro atoms. The van der Waals surface area contributed by atoms with Crippen molar-refractivity contribution in [3.05, 3.63) is 0 Å². The van der Waals surface area contributed by atoms with Crippen molar-refractivity contribution >= 4 is 5.97 Å². The molecule has 3 heteroatoms. The Kier molecular flexibility index (Phi) is 4.00. The fraction of sp³-hybridized carbons (Fsp3) is 0.933. The van der Waals surface area contributed by atoms with Crippen LogP contribution < -0.4 is 0 Å². The van der Waals surface area contributed by atoms with E-state index in [-0.39, 0.29) is 5.54 Å². The third kappa shape index (κ3) is 3.05. The molecule has 1 atom stereocenters. The SMILES string of the molecule is CC1(C)CCCC(CC(=O)O)(N2CCCCC2)C1. The molecule has 1 saturated heterocycles. The lowest BCUT2D eigenvalue weighted by molar-refractivity contribution is -0.142. The van der Waals surface area contributed by atoms with Gasteiger partial charge in [0.2, 0.25) is 0 Å². The van der Waals surface area contributed by atoms with Crippen LogP contribution in [-0.4, -0.2) is 34.6 Å². The number of likely N-dealkylation sites (tertiary alicyclic amines) is 1. The van der Waals surface area contributed by atoms with Crippen LogP contribution in [0, 0.1) is 5.41 Å². The first-order chi connectivity index (χ1) is 8.44.